The number of carbonyl (C=O) groups excluding carboxylic acids is 3. The van der Waals surface area contributed by atoms with Crippen LogP contribution in [0.4, 0.5) is 0 Å². The highest BCUT2D eigenvalue weighted by Gasteiger charge is 2.69. The zero-order valence-electron chi connectivity index (χ0n) is 22.1. The average Bonchev–Trinajstić information content (AvgIpc) is 2.77. The van der Waals surface area contributed by atoms with Gasteiger partial charge in [-0.25, -0.2) is 0 Å². The smallest absolute Gasteiger partial charge is 0.308 e. The van der Waals surface area contributed by atoms with Gasteiger partial charge in [-0.1, -0.05) is 53.2 Å². The van der Waals surface area contributed by atoms with Crippen LogP contribution in [0.2, 0.25) is 0 Å². The highest BCUT2D eigenvalue weighted by molar-refractivity contribution is 5.99. The molecule has 4 heteroatoms. The van der Waals surface area contributed by atoms with Crippen molar-refractivity contribution < 1.29 is 19.1 Å². The van der Waals surface area contributed by atoms with Crippen LogP contribution in [0.15, 0.2) is 23.8 Å². The van der Waals surface area contributed by atoms with E-state index in [2.05, 4.69) is 47.6 Å². The molecule has 5 unspecified atom stereocenters. The van der Waals surface area contributed by atoms with Gasteiger partial charge in [-0.05, 0) is 85.2 Å². The first-order valence-electron chi connectivity index (χ1n) is 13.3. The minimum absolute atomic E-state index is 0.0756. The Balaban J connectivity index is 1.62. The zero-order valence-corrected chi connectivity index (χ0v) is 22.1. The predicted octanol–water partition coefficient (Wildman–Crippen LogP) is 6.10. The molecule has 0 aromatic heterocycles. The maximum absolute atomic E-state index is 14.1. The van der Waals surface area contributed by atoms with Gasteiger partial charge in [0.2, 0.25) is 0 Å². The number of hydrogen-bond acceptors (Lipinski definition) is 4. The summed E-state index contributed by atoms with van der Waals surface area (Å²) in [7, 11) is 1.49. The normalized spacial score (nSPS) is 49.2. The SMILES string of the molecule is COC(=O)C1CCC2(C)CC[C@]3(C)C(=CC(=O)[C@@H]4C5(C)C=CC(=O)C(C)(C)[C@@H]5CCC43C)C2C1. The fraction of sp³-hybridized carbons (Fsp3) is 0.767. The highest BCUT2D eigenvalue weighted by Crippen LogP contribution is 2.73. The Morgan fingerprint density at radius 1 is 0.971 bits per heavy atom. The summed E-state index contributed by atoms with van der Waals surface area (Å²) in [6.07, 6.45) is 12.7. The van der Waals surface area contributed by atoms with Crippen LogP contribution in [0.1, 0.15) is 86.5 Å². The van der Waals surface area contributed by atoms with Gasteiger partial charge >= 0.3 is 5.97 Å². The van der Waals surface area contributed by atoms with E-state index in [-0.39, 0.29) is 62.9 Å². The van der Waals surface area contributed by atoms with Gasteiger partial charge in [-0.3, -0.25) is 14.4 Å². The highest BCUT2D eigenvalue weighted by atomic mass is 16.5. The monoisotopic (exact) mass is 466 g/mol. The Hall–Kier alpha value is -1.71. The molecule has 0 aromatic rings. The van der Waals surface area contributed by atoms with Gasteiger partial charge in [0.05, 0.1) is 13.0 Å². The van der Waals surface area contributed by atoms with Gasteiger partial charge in [0.1, 0.15) is 0 Å². The van der Waals surface area contributed by atoms with Crippen LogP contribution in [0, 0.1) is 50.7 Å². The van der Waals surface area contributed by atoms with Crippen molar-refractivity contribution in [3.05, 3.63) is 23.8 Å². The number of carbonyl (C=O) groups is 3. The van der Waals surface area contributed by atoms with Crippen LogP contribution in [0.3, 0.4) is 0 Å². The Morgan fingerprint density at radius 3 is 2.35 bits per heavy atom. The summed E-state index contributed by atoms with van der Waals surface area (Å²) >= 11 is 0. The zero-order chi connectivity index (χ0) is 24.9. The summed E-state index contributed by atoms with van der Waals surface area (Å²) in [5.41, 5.74) is 0.420. The van der Waals surface area contributed by atoms with E-state index in [9.17, 15) is 14.4 Å². The Kier molecular flexibility index (Phi) is 5.06. The number of allylic oxidation sites excluding steroid dienone is 4. The summed E-state index contributed by atoms with van der Waals surface area (Å²) in [5, 5.41) is 0. The van der Waals surface area contributed by atoms with Crippen molar-refractivity contribution in [2.75, 3.05) is 7.11 Å². The lowest BCUT2D eigenvalue weighted by molar-refractivity contribution is -0.169. The van der Waals surface area contributed by atoms with E-state index in [1.807, 2.05) is 6.08 Å². The minimum atomic E-state index is -0.446. The van der Waals surface area contributed by atoms with E-state index in [4.69, 9.17) is 4.74 Å². The summed E-state index contributed by atoms with van der Waals surface area (Å²) in [6.45, 7) is 13.5. The molecule has 8 atom stereocenters. The second-order valence-electron chi connectivity index (χ2n) is 13.8. The third-order valence-corrected chi connectivity index (χ3v) is 12.1. The number of esters is 1. The van der Waals surface area contributed by atoms with Crippen molar-refractivity contribution in [1.82, 2.24) is 0 Å². The number of methoxy groups -OCH3 is 1. The predicted molar refractivity (Wildman–Crippen MR) is 132 cm³/mol. The molecule has 186 valence electrons. The largest absolute Gasteiger partial charge is 0.469 e. The molecule has 0 spiro atoms. The van der Waals surface area contributed by atoms with Crippen molar-refractivity contribution in [2.24, 2.45) is 50.7 Å². The molecule has 5 rings (SSSR count). The lowest BCUT2D eigenvalue weighted by Crippen LogP contribution is -2.65. The second-order valence-corrected chi connectivity index (χ2v) is 13.8. The van der Waals surface area contributed by atoms with Crippen molar-refractivity contribution >= 4 is 17.5 Å². The lowest BCUT2D eigenvalue weighted by Gasteiger charge is -2.68. The summed E-state index contributed by atoms with van der Waals surface area (Å²) in [6, 6.07) is 0. The van der Waals surface area contributed by atoms with Crippen molar-refractivity contribution in [2.45, 2.75) is 86.5 Å². The van der Waals surface area contributed by atoms with Crippen LogP contribution in [-0.2, 0) is 19.1 Å². The van der Waals surface area contributed by atoms with Crippen LogP contribution in [0.5, 0.6) is 0 Å². The maximum atomic E-state index is 14.1. The van der Waals surface area contributed by atoms with E-state index < -0.39 is 5.41 Å². The van der Waals surface area contributed by atoms with Gasteiger partial charge in [0, 0.05) is 16.7 Å². The molecule has 3 saturated carbocycles. The number of rotatable bonds is 1. The standard InChI is InChI=1S/C30H42O4/c1-26(2)22-9-13-30(6)24(28(22,4)12-10-23(26)32)21(31)17-20-19-16-18(25(33)34-7)8-11-27(19,3)14-15-29(20,30)5/h10,12,17-19,22,24H,8-9,11,13-16H2,1-7H3/t18?,19?,22-,24+,27?,28?,29+,30?/m0/s1. The quantitative estimate of drug-likeness (QED) is 0.438. The lowest BCUT2D eigenvalue weighted by atomic mass is 9.34. The molecule has 0 bridgehead atoms. The molecule has 0 aliphatic heterocycles. The van der Waals surface area contributed by atoms with Gasteiger partial charge < -0.3 is 4.74 Å². The Bertz CT molecular complexity index is 1020. The Labute approximate surface area is 205 Å². The molecule has 0 N–H and O–H groups in total. The second kappa shape index (κ2) is 7.17. The number of ether oxygens (including phenoxy) is 1. The van der Waals surface area contributed by atoms with E-state index in [0.717, 1.165) is 44.9 Å². The molecule has 0 radical (unpaired) electrons. The third-order valence-electron chi connectivity index (χ3n) is 12.1. The van der Waals surface area contributed by atoms with Gasteiger partial charge in [0.15, 0.2) is 11.6 Å². The van der Waals surface area contributed by atoms with Crippen molar-refractivity contribution in [1.29, 1.82) is 0 Å². The molecule has 0 heterocycles. The van der Waals surface area contributed by atoms with Gasteiger partial charge in [-0.15, -0.1) is 0 Å². The molecule has 5 aliphatic rings. The molecule has 5 aliphatic carbocycles. The minimum Gasteiger partial charge on any atom is -0.469 e. The number of fused-ring (bicyclic) bond motifs is 7. The van der Waals surface area contributed by atoms with Crippen LogP contribution >= 0.6 is 0 Å². The molecular weight excluding hydrogens is 424 g/mol. The molecule has 0 saturated heterocycles. The van der Waals surface area contributed by atoms with Crippen LogP contribution < -0.4 is 0 Å². The summed E-state index contributed by atoms with van der Waals surface area (Å²) in [4.78, 5) is 39.4. The first-order valence-corrected chi connectivity index (χ1v) is 13.3. The van der Waals surface area contributed by atoms with E-state index >= 15 is 0 Å². The van der Waals surface area contributed by atoms with Crippen molar-refractivity contribution in [3.8, 4) is 0 Å². The van der Waals surface area contributed by atoms with Crippen molar-refractivity contribution in [3.63, 3.8) is 0 Å². The third kappa shape index (κ3) is 2.80. The van der Waals surface area contributed by atoms with Crippen LogP contribution in [-0.4, -0.2) is 24.6 Å². The van der Waals surface area contributed by atoms with E-state index in [1.165, 1.54) is 12.7 Å². The number of ketones is 2. The van der Waals surface area contributed by atoms with E-state index in [0.29, 0.717) is 0 Å². The van der Waals surface area contributed by atoms with Gasteiger partial charge in [0.25, 0.3) is 0 Å². The Morgan fingerprint density at radius 2 is 1.68 bits per heavy atom. The molecule has 34 heavy (non-hydrogen) atoms. The summed E-state index contributed by atoms with van der Waals surface area (Å²) < 4.78 is 5.13. The molecule has 4 nitrogen and oxygen atoms in total. The first-order chi connectivity index (χ1) is 15.7. The van der Waals surface area contributed by atoms with Gasteiger partial charge in [-0.2, -0.15) is 0 Å². The average molecular weight is 467 g/mol. The van der Waals surface area contributed by atoms with Crippen LogP contribution in [0.25, 0.3) is 0 Å². The molecular formula is C30H42O4. The molecule has 0 amide bonds. The topological polar surface area (TPSA) is 60.4 Å². The first kappa shape index (κ1) is 24.0. The maximum Gasteiger partial charge on any atom is 0.308 e. The fourth-order valence-electron chi connectivity index (χ4n) is 9.72. The fourth-order valence-corrected chi connectivity index (χ4v) is 9.72. The molecule has 3 fully saturated rings. The number of hydrogen-bond donors (Lipinski definition) is 0. The van der Waals surface area contributed by atoms with E-state index in [1.54, 1.807) is 6.08 Å². The summed E-state index contributed by atoms with van der Waals surface area (Å²) in [5.74, 6) is 0.541. The molecule has 0 aromatic carbocycles.